The van der Waals surface area contributed by atoms with E-state index >= 15 is 0 Å². The van der Waals surface area contributed by atoms with Crippen LogP contribution in [0, 0.1) is 13.8 Å². The molecule has 2 amide bonds. The minimum Gasteiger partial charge on any atom is -0.507 e. The Morgan fingerprint density at radius 2 is 1.57 bits per heavy atom. The summed E-state index contributed by atoms with van der Waals surface area (Å²) in [6.07, 6.45) is 5.70. The van der Waals surface area contributed by atoms with Gasteiger partial charge in [0.15, 0.2) is 0 Å². The van der Waals surface area contributed by atoms with Crippen molar-refractivity contribution in [2.75, 3.05) is 39.8 Å². The molecule has 0 unspecified atom stereocenters. The Balaban J connectivity index is 1.58. The second-order valence-corrected chi connectivity index (χ2v) is 8.34. The molecule has 1 saturated carbocycles. The van der Waals surface area contributed by atoms with Crippen molar-refractivity contribution in [1.82, 2.24) is 14.7 Å². The quantitative estimate of drug-likeness (QED) is 0.862. The van der Waals surface area contributed by atoms with Gasteiger partial charge in [0.25, 0.3) is 5.91 Å². The molecular formula is C22H33N3O3. The lowest BCUT2D eigenvalue weighted by atomic mass is 10.0. The Kier molecular flexibility index (Phi) is 6.60. The lowest BCUT2D eigenvalue weighted by molar-refractivity contribution is -0.132. The third-order valence-corrected chi connectivity index (χ3v) is 6.21. The van der Waals surface area contributed by atoms with E-state index in [1.54, 1.807) is 12.1 Å². The van der Waals surface area contributed by atoms with Gasteiger partial charge in [-0.15, -0.1) is 0 Å². The first-order valence-electron chi connectivity index (χ1n) is 10.4. The summed E-state index contributed by atoms with van der Waals surface area (Å²) >= 11 is 0. The molecule has 1 aliphatic heterocycles. The predicted molar refractivity (Wildman–Crippen MR) is 110 cm³/mol. The second kappa shape index (κ2) is 8.95. The zero-order valence-electron chi connectivity index (χ0n) is 17.4. The van der Waals surface area contributed by atoms with Gasteiger partial charge in [-0.2, -0.15) is 0 Å². The highest BCUT2D eigenvalue weighted by atomic mass is 16.3. The summed E-state index contributed by atoms with van der Waals surface area (Å²) in [5.74, 6) is 0.388. The van der Waals surface area contributed by atoms with Gasteiger partial charge >= 0.3 is 0 Å². The number of hydrogen-bond acceptors (Lipinski definition) is 4. The van der Waals surface area contributed by atoms with E-state index in [0.717, 1.165) is 6.42 Å². The molecule has 6 heteroatoms. The molecule has 0 aromatic heterocycles. The third kappa shape index (κ3) is 4.66. The van der Waals surface area contributed by atoms with E-state index in [9.17, 15) is 14.7 Å². The third-order valence-electron chi connectivity index (χ3n) is 6.21. The van der Waals surface area contributed by atoms with Gasteiger partial charge in [0.1, 0.15) is 5.75 Å². The number of hydrogen-bond donors (Lipinski definition) is 1. The van der Waals surface area contributed by atoms with Gasteiger partial charge in [-0.05, 0) is 63.4 Å². The number of nitrogens with zero attached hydrogens (tertiary/aromatic N) is 3. The molecular weight excluding hydrogens is 354 g/mol. The van der Waals surface area contributed by atoms with Crippen molar-refractivity contribution in [3.63, 3.8) is 0 Å². The second-order valence-electron chi connectivity index (χ2n) is 8.34. The molecule has 28 heavy (non-hydrogen) atoms. The number of aryl methyl sites for hydroxylation is 2. The number of amides is 2. The molecule has 0 spiro atoms. The molecule has 2 fully saturated rings. The van der Waals surface area contributed by atoms with Gasteiger partial charge in [0.05, 0.1) is 6.54 Å². The Morgan fingerprint density at radius 1 is 1.00 bits per heavy atom. The van der Waals surface area contributed by atoms with Crippen LogP contribution in [0.2, 0.25) is 0 Å². The van der Waals surface area contributed by atoms with Gasteiger partial charge in [-0.1, -0.05) is 12.8 Å². The van der Waals surface area contributed by atoms with E-state index in [1.165, 1.54) is 25.7 Å². The minimum absolute atomic E-state index is 0.0245. The molecule has 3 rings (SSSR count). The average molecular weight is 388 g/mol. The Hall–Kier alpha value is -2.08. The summed E-state index contributed by atoms with van der Waals surface area (Å²) in [6, 6.07) is 4.03. The Morgan fingerprint density at radius 3 is 2.21 bits per heavy atom. The van der Waals surface area contributed by atoms with Crippen LogP contribution in [0.15, 0.2) is 12.1 Å². The maximum Gasteiger partial charge on any atom is 0.253 e. The van der Waals surface area contributed by atoms with Gasteiger partial charge in [0.2, 0.25) is 5.91 Å². The zero-order valence-corrected chi connectivity index (χ0v) is 17.4. The maximum atomic E-state index is 12.9. The molecule has 0 bridgehead atoms. The summed E-state index contributed by atoms with van der Waals surface area (Å²) in [6.45, 7) is 6.57. The number of rotatable bonds is 4. The molecule has 1 aromatic carbocycles. The van der Waals surface area contributed by atoms with E-state index in [0.29, 0.717) is 55.5 Å². The van der Waals surface area contributed by atoms with Crippen molar-refractivity contribution in [2.45, 2.75) is 52.0 Å². The van der Waals surface area contributed by atoms with Crippen LogP contribution in [0.5, 0.6) is 5.75 Å². The van der Waals surface area contributed by atoms with E-state index in [2.05, 4.69) is 11.9 Å². The number of likely N-dealkylation sites (N-methyl/N-ethyl adjacent to an activating group) is 1. The summed E-state index contributed by atoms with van der Waals surface area (Å²) in [5.41, 5.74) is 2.03. The molecule has 1 aliphatic carbocycles. The standard InChI is InChI=1S/C22H33N3O3/c1-16-13-18(14-17(2)21(16)27)22(28)25-10-6-9-24(11-12-25)20(26)15-23(3)19-7-4-5-8-19/h13-14,19,27H,4-12,15H2,1-3H3. The first-order valence-corrected chi connectivity index (χ1v) is 10.4. The maximum absolute atomic E-state index is 12.9. The van der Waals surface area contributed by atoms with Crippen LogP contribution in [0.25, 0.3) is 0 Å². The number of carbonyl (C=O) groups excluding carboxylic acids is 2. The molecule has 0 radical (unpaired) electrons. The fourth-order valence-corrected chi connectivity index (χ4v) is 4.42. The number of aromatic hydroxyl groups is 1. The van der Waals surface area contributed by atoms with Crippen LogP contribution in [-0.2, 0) is 4.79 Å². The van der Waals surface area contributed by atoms with Crippen molar-refractivity contribution in [3.05, 3.63) is 28.8 Å². The zero-order chi connectivity index (χ0) is 20.3. The summed E-state index contributed by atoms with van der Waals surface area (Å²) in [4.78, 5) is 31.6. The van der Waals surface area contributed by atoms with Crippen molar-refractivity contribution in [2.24, 2.45) is 0 Å². The molecule has 154 valence electrons. The highest BCUT2D eigenvalue weighted by Crippen LogP contribution is 2.24. The molecule has 1 saturated heterocycles. The highest BCUT2D eigenvalue weighted by Gasteiger charge is 2.26. The van der Waals surface area contributed by atoms with Crippen molar-refractivity contribution in [1.29, 1.82) is 0 Å². The van der Waals surface area contributed by atoms with Gasteiger partial charge < -0.3 is 14.9 Å². The number of phenols is 1. The predicted octanol–water partition coefficient (Wildman–Crippen LogP) is 2.56. The first kappa shape index (κ1) is 20.6. The van der Waals surface area contributed by atoms with Crippen LogP contribution in [-0.4, -0.2) is 77.4 Å². The largest absolute Gasteiger partial charge is 0.507 e. The van der Waals surface area contributed by atoms with Gasteiger partial charge in [0, 0.05) is 37.8 Å². The fraction of sp³-hybridized carbons (Fsp3) is 0.636. The molecule has 1 N–H and O–H groups in total. The van der Waals surface area contributed by atoms with Gasteiger partial charge in [-0.3, -0.25) is 14.5 Å². The minimum atomic E-state index is -0.0245. The van der Waals surface area contributed by atoms with Crippen LogP contribution >= 0.6 is 0 Å². The van der Waals surface area contributed by atoms with Gasteiger partial charge in [-0.25, -0.2) is 0 Å². The molecule has 6 nitrogen and oxygen atoms in total. The summed E-state index contributed by atoms with van der Waals surface area (Å²) in [5, 5.41) is 9.94. The SMILES string of the molecule is Cc1cc(C(=O)N2CCCN(C(=O)CN(C)C3CCCC3)CC2)cc(C)c1O. The molecule has 1 heterocycles. The van der Waals surface area contributed by atoms with E-state index in [-0.39, 0.29) is 17.6 Å². The van der Waals surface area contributed by atoms with E-state index in [4.69, 9.17) is 0 Å². The fourth-order valence-electron chi connectivity index (χ4n) is 4.42. The number of phenolic OH excluding ortho intramolecular Hbond substituents is 1. The van der Waals surface area contributed by atoms with Crippen LogP contribution in [0.4, 0.5) is 0 Å². The molecule has 0 atom stereocenters. The lowest BCUT2D eigenvalue weighted by Gasteiger charge is -2.27. The normalized spacial score (nSPS) is 18.6. The first-order chi connectivity index (χ1) is 13.4. The van der Waals surface area contributed by atoms with Crippen molar-refractivity contribution >= 4 is 11.8 Å². The topological polar surface area (TPSA) is 64.1 Å². The lowest BCUT2D eigenvalue weighted by Crippen LogP contribution is -2.43. The summed E-state index contributed by atoms with van der Waals surface area (Å²) < 4.78 is 0. The van der Waals surface area contributed by atoms with Crippen LogP contribution in [0.3, 0.4) is 0 Å². The monoisotopic (exact) mass is 387 g/mol. The Bertz CT molecular complexity index is 705. The Labute approximate surface area is 168 Å². The highest BCUT2D eigenvalue weighted by molar-refractivity contribution is 5.95. The van der Waals surface area contributed by atoms with Crippen LogP contribution < -0.4 is 0 Å². The smallest absolute Gasteiger partial charge is 0.253 e. The van der Waals surface area contributed by atoms with Crippen LogP contribution in [0.1, 0.15) is 53.6 Å². The van der Waals surface area contributed by atoms with E-state index < -0.39 is 0 Å². The number of carbonyl (C=O) groups is 2. The van der Waals surface area contributed by atoms with E-state index in [1.807, 2.05) is 23.6 Å². The average Bonchev–Trinajstić information content (AvgIpc) is 3.09. The summed E-state index contributed by atoms with van der Waals surface area (Å²) in [7, 11) is 2.05. The van der Waals surface area contributed by atoms with Crippen molar-refractivity contribution < 1.29 is 14.7 Å². The molecule has 2 aliphatic rings. The number of benzene rings is 1. The van der Waals surface area contributed by atoms with Crippen molar-refractivity contribution in [3.8, 4) is 5.75 Å². The molecule has 1 aromatic rings.